The molecule has 82 valence electrons. The van der Waals surface area contributed by atoms with Crippen LogP contribution in [0.15, 0.2) is 22.8 Å². The lowest BCUT2D eigenvalue weighted by Crippen LogP contribution is -2.29. The molecule has 15 heavy (non-hydrogen) atoms. The molecular formula is C12H17NO2. The lowest BCUT2D eigenvalue weighted by molar-refractivity contribution is -0.119. The van der Waals surface area contributed by atoms with Crippen LogP contribution in [0.5, 0.6) is 0 Å². The zero-order valence-electron chi connectivity index (χ0n) is 8.87. The molecule has 0 aliphatic carbocycles. The highest BCUT2D eigenvalue weighted by molar-refractivity contribution is 5.80. The number of Topliss-reactive ketones (excluding diaryl/α,β-unsaturated/α-hetero) is 1. The van der Waals surface area contributed by atoms with Crippen LogP contribution in [-0.4, -0.2) is 18.9 Å². The van der Waals surface area contributed by atoms with Crippen molar-refractivity contribution in [2.24, 2.45) is 5.92 Å². The van der Waals surface area contributed by atoms with E-state index in [0.717, 1.165) is 31.7 Å². The van der Waals surface area contributed by atoms with E-state index in [0.29, 0.717) is 24.5 Å². The van der Waals surface area contributed by atoms with Crippen molar-refractivity contribution >= 4 is 5.78 Å². The monoisotopic (exact) mass is 207 g/mol. The van der Waals surface area contributed by atoms with Gasteiger partial charge in [0.25, 0.3) is 0 Å². The van der Waals surface area contributed by atoms with Crippen LogP contribution in [0.25, 0.3) is 0 Å². The van der Waals surface area contributed by atoms with Crippen molar-refractivity contribution in [2.45, 2.75) is 25.7 Å². The summed E-state index contributed by atoms with van der Waals surface area (Å²) < 4.78 is 5.16. The second kappa shape index (κ2) is 5.12. The molecule has 2 heterocycles. The summed E-state index contributed by atoms with van der Waals surface area (Å²) in [5.41, 5.74) is 0. The van der Waals surface area contributed by atoms with Crippen LogP contribution in [0.2, 0.25) is 0 Å². The Morgan fingerprint density at radius 3 is 2.93 bits per heavy atom. The number of carbonyl (C=O) groups is 1. The molecule has 3 nitrogen and oxygen atoms in total. The second-order valence-electron chi connectivity index (χ2n) is 4.19. The third-order valence-electron chi connectivity index (χ3n) is 2.93. The Balaban J connectivity index is 1.76. The molecule has 1 aromatic heterocycles. The molecule has 1 aromatic rings. The van der Waals surface area contributed by atoms with Crippen LogP contribution < -0.4 is 5.32 Å². The van der Waals surface area contributed by atoms with E-state index in [1.165, 1.54) is 0 Å². The summed E-state index contributed by atoms with van der Waals surface area (Å²) >= 11 is 0. The van der Waals surface area contributed by atoms with Crippen molar-refractivity contribution in [3.05, 3.63) is 24.2 Å². The van der Waals surface area contributed by atoms with E-state index in [1.54, 1.807) is 6.26 Å². The Morgan fingerprint density at radius 1 is 1.47 bits per heavy atom. The van der Waals surface area contributed by atoms with Crippen LogP contribution in [-0.2, 0) is 11.2 Å². The first kappa shape index (κ1) is 10.4. The second-order valence-corrected chi connectivity index (χ2v) is 4.19. The number of nitrogens with one attached hydrogen (secondary N) is 1. The van der Waals surface area contributed by atoms with Gasteiger partial charge in [-0.05, 0) is 44.0 Å². The summed E-state index contributed by atoms with van der Waals surface area (Å²) in [6, 6.07) is 3.69. The van der Waals surface area contributed by atoms with Crippen molar-refractivity contribution in [1.29, 1.82) is 0 Å². The van der Waals surface area contributed by atoms with Crippen molar-refractivity contribution in [1.82, 2.24) is 5.32 Å². The van der Waals surface area contributed by atoms with Crippen LogP contribution in [0.4, 0.5) is 0 Å². The van der Waals surface area contributed by atoms with Gasteiger partial charge in [-0.3, -0.25) is 4.79 Å². The number of furan rings is 1. The van der Waals surface area contributed by atoms with E-state index in [4.69, 9.17) is 4.42 Å². The third kappa shape index (κ3) is 3.20. The van der Waals surface area contributed by atoms with Crippen LogP contribution in [0.1, 0.15) is 25.0 Å². The van der Waals surface area contributed by atoms with Crippen molar-refractivity contribution in [3.8, 4) is 0 Å². The largest absolute Gasteiger partial charge is 0.469 e. The number of hydrogen-bond acceptors (Lipinski definition) is 3. The summed E-state index contributed by atoms with van der Waals surface area (Å²) in [4.78, 5) is 11.7. The maximum Gasteiger partial charge on any atom is 0.140 e. The average Bonchev–Trinajstić information content (AvgIpc) is 2.71. The topological polar surface area (TPSA) is 42.2 Å². The molecule has 0 atom stereocenters. The summed E-state index contributed by atoms with van der Waals surface area (Å²) in [5, 5.41) is 3.30. The molecule has 1 fully saturated rings. The van der Waals surface area contributed by atoms with Gasteiger partial charge in [0.1, 0.15) is 11.5 Å². The maximum absolute atomic E-state index is 11.7. The molecule has 1 N–H and O–H groups in total. The summed E-state index contributed by atoms with van der Waals surface area (Å²) in [5.74, 6) is 1.67. The normalized spacial score (nSPS) is 17.9. The fourth-order valence-corrected chi connectivity index (χ4v) is 2.09. The first-order chi connectivity index (χ1) is 7.34. The molecule has 1 aliphatic heterocycles. The molecule has 0 aromatic carbocycles. The molecule has 0 radical (unpaired) electrons. The first-order valence-electron chi connectivity index (χ1n) is 5.59. The lowest BCUT2D eigenvalue weighted by Gasteiger charge is -2.21. The van der Waals surface area contributed by atoms with Gasteiger partial charge in [-0.2, -0.15) is 0 Å². The van der Waals surface area contributed by atoms with Gasteiger partial charge < -0.3 is 9.73 Å². The predicted molar refractivity (Wildman–Crippen MR) is 57.6 cm³/mol. The van der Waals surface area contributed by atoms with Crippen molar-refractivity contribution in [3.63, 3.8) is 0 Å². The third-order valence-corrected chi connectivity index (χ3v) is 2.93. The number of hydrogen-bond donors (Lipinski definition) is 1. The lowest BCUT2D eigenvalue weighted by atomic mass is 9.92. The van der Waals surface area contributed by atoms with E-state index in [9.17, 15) is 4.79 Å². The minimum atomic E-state index is 0.303. The molecule has 0 unspecified atom stereocenters. The highest BCUT2D eigenvalue weighted by Crippen LogP contribution is 2.17. The zero-order chi connectivity index (χ0) is 10.5. The first-order valence-corrected chi connectivity index (χ1v) is 5.59. The average molecular weight is 207 g/mol. The summed E-state index contributed by atoms with van der Waals surface area (Å²) in [6.07, 6.45) is 5.04. The smallest absolute Gasteiger partial charge is 0.140 e. The fraction of sp³-hybridized carbons (Fsp3) is 0.583. The SMILES string of the molecule is O=C(Cc1ccco1)CC1CCNCC1. The number of piperidine rings is 1. The van der Waals surface area contributed by atoms with E-state index >= 15 is 0 Å². The van der Waals surface area contributed by atoms with E-state index in [-0.39, 0.29) is 0 Å². The van der Waals surface area contributed by atoms with Gasteiger partial charge in [-0.25, -0.2) is 0 Å². The Hall–Kier alpha value is -1.09. The molecule has 0 spiro atoms. The molecular weight excluding hydrogens is 190 g/mol. The zero-order valence-corrected chi connectivity index (χ0v) is 8.87. The van der Waals surface area contributed by atoms with Gasteiger partial charge in [0, 0.05) is 6.42 Å². The molecule has 1 aliphatic rings. The Bertz CT molecular complexity index is 299. The van der Waals surface area contributed by atoms with Crippen molar-refractivity contribution < 1.29 is 9.21 Å². The van der Waals surface area contributed by atoms with Gasteiger partial charge in [0.05, 0.1) is 12.7 Å². The molecule has 0 saturated carbocycles. The van der Waals surface area contributed by atoms with Gasteiger partial charge in [-0.1, -0.05) is 0 Å². The van der Waals surface area contributed by atoms with Gasteiger partial charge in [0.2, 0.25) is 0 Å². The van der Waals surface area contributed by atoms with Gasteiger partial charge >= 0.3 is 0 Å². The van der Waals surface area contributed by atoms with Gasteiger partial charge in [-0.15, -0.1) is 0 Å². The van der Waals surface area contributed by atoms with E-state index < -0.39 is 0 Å². The fourth-order valence-electron chi connectivity index (χ4n) is 2.09. The van der Waals surface area contributed by atoms with Crippen molar-refractivity contribution in [2.75, 3.05) is 13.1 Å². The quantitative estimate of drug-likeness (QED) is 0.818. The van der Waals surface area contributed by atoms with E-state index in [1.807, 2.05) is 12.1 Å². The maximum atomic E-state index is 11.7. The van der Waals surface area contributed by atoms with E-state index in [2.05, 4.69) is 5.32 Å². The van der Waals surface area contributed by atoms with Gasteiger partial charge in [0.15, 0.2) is 0 Å². The summed E-state index contributed by atoms with van der Waals surface area (Å²) in [6.45, 7) is 2.11. The molecule has 0 bridgehead atoms. The molecule has 2 rings (SSSR count). The number of ketones is 1. The number of carbonyl (C=O) groups excluding carboxylic acids is 1. The Labute approximate surface area is 89.9 Å². The minimum absolute atomic E-state index is 0.303. The standard InChI is InChI=1S/C12H17NO2/c14-11(9-12-2-1-7-15-12)8-10-3-5-13-6-4-10/h1-2,7,10,13H,3-6,8-9H2. The molecule has 3 heteroatoms. The minimum Gasteiger partial charge on any atom is -0.469 e. The van der Waals surface area contributed by atoms with Crippen LogP contribution in [0.3, 0.4) is 0 Å². The highest BCUT2D eigenvalue weighted by atomic mass is 16.3. The predicted octanol–water partition coefficient (Wildman–Crippen LogP) is 1.78. The molecule has 1 saturated heterocycles. The number of rotatable bonds is 4. The Morgan fingerprint density at radius 2 is 2.27 bits per heavy atom. The molecule has 0 amide bonds. The van der Waals surface area contributed by atoms with Crippen LogP contribution in [0, 0.1) is 5.92 Å². The summed E-state index contributed by atoms with van der Waals surface area (Å²) in [7, 11) is 0. The highest BCUT2D eigenvalue weighted by Gasteiger charge is 2.17. The Kier molecular flexibility index (Phi) is 3.56. The van der Waals surface area contributed by atoms with Crippen LogP contribution >= 0.6 is 0 Å².